The lowest BCUT2D eigenvalue weighted by atomic mass is 9.74. The molecule has 23 heavy (non-hydrogen) atoms. The third-order valence-corrected chi connectivity index (χ3v) is 5.11. The van der Waals surface area contributed by atoms with Crippen LogP contribution in [0.5, 0.6) is 0 Å². The van der Waals surface area contributed by atoms with E-state index in [4.69, 9.17) is 0 Å². The molecule has 0 radical (unpaired) electrons. The lowest BCUT2D eigenvalue weighted by molar-refractivity contribution is -0.109. The van der Waals surface area contributed by atoms with E-state index in [0.29, 0.717) is 18.4 Å². The minimum absolute atomic E-state index is 0.506. The molecule has 4 heteroatoms. The van der Waals surface area contributed by atoms with Crippen LogP contribution in [0, 0.1) is 11.8 Å². The van der Waals surface area contributed by atoms with Gasteiger partial charge >= 0.3 is 0 Å². The van der Waals surface area contributed by atoms with E-state index in [2.05, 4.69) is 46.7 Å². The summed E-state index contributed by atoms with van der Waals surface area (Å²) in [5, 5.41) is 11.7. The quantitative estimate of drug-likeness (QED) is 0.847. The number of rotatable bonds is 4. The predicted octanol–water partition coefficient (Wildman–Crippen LogP) is 3.70. The van der Waals surface area contributed by atoms with Crippen molar-refractivity contribution in [1.29, 1.82) is 0 Å². The lowest BCUT2D eigenvalue weighted by Gasteiger charge is -2.32. The molecule has 1 aromatic rings. The molecule has 2 aliphatic rings. The third kappa shape index (κ3) is 3.69. The van der Waals surface area contributed by atoms with Crippen molar-refractivity contribution in [2.75, 3.05) is 0 Å². The monoisotopic (exact) mass is 311 g/mol. The fourth-order valence-electron chi connectivity index (χ4n) is 3.82. The average molecular weight is 311 g/mol. The summed E-state index contributed by atoms with van der Waals surface area (Å²) >= 11 is 0. The molecular weight excluding hydrogens is 286 g/mol. The van der Waals surface area contributed by atoms with Gasteiger partial charge in [-0.15, -0.1) is 0 Å². The third-order valence-electron chi connectivity index (χ3n) is 5.11. The highest BCUT2D eigenvalue weighted by molar-refractivity contribution is 6.06. The summed E-state index contributed by atoms with van der Waals surface area (Å²) in [6, 6.07) is 8.37. The van der Waals surface area contributed by atoms with E-state index < -0.39 is 0 Å². The van der Waals surface area contributed by atoms with E-state index in [1.807, 2.05) is 0 Å². The topological polar surface area (TPSA) is 53.8 Å². The first-order valence-corrected chi connectivity index (χ1v) is 8.68. The van der Waals surface area contributed by atoms with Crippen molar-refractivity contribution < 1.29 is 4.79 Å². The Morgan fingerprint density at radius 2 is 1.74 bits per heavy atom. The zero-order valence-corrected chi connectivity index (χ0v) is 13.8. The van der Waals surface area contributed by atoms with E-state index >= 15 is 0 Å². The Hall–Kier alpha value is -1.97. The van der Waals surface area contributed by atoms with Crippen LogP contribution in [-0.2, 0) is 11.3 Å². The summed E-state index contributed by atoms with van der Waals surface area (Å²) in [5.74, 6) is 1.06. The molecule has 1 fully saturated rings. The molecule has 2 unspecified atom stereocenters. The zero-order chi connectivity index (χ0) is 16.1. The van der Waals surface area contributed by atoms with Gasteiger partial charge in [0.2, 0.25) is 6.41 Å². The highest BCUT2D eigenvalue weighted by atomic mass is 16.1. The van der Waals surface area contributed by atoms with Crippen molar-refractivity contribution in [2.24, 2.45) is 22.0 Å². The number of carbonyl (C=O) groups excluding carboxylic acids is 1. The molecule has 0 aromatic heterocycles. The number of fused-ring (bicyclic) bond motifs is 1. The van der Waals surface area contributed by atoms with Crippen LogP contribution in [0.25, 0.3) is 0 Å². The van der Waals surface area contributed by atoms with Gasteiger partial charge < -0.3 is 5.32 Å². The van der Waals surface area contributed by atoms with Crippen LogP contribution in [0.2, 0.25) is 0 Å². The molecule has 1 aliphatic heterocycles. The molecule has 1 saturated carbocycles. The first kappa shape index (κ1) is 15.9. The van der Waals surface area contributed by atoms with Gasteiger partial charge in [-0.2, -0.15) is 10.2 Å². The zero-order valence-electron chi connectivity index (χ0n) is 13.8. The van der Waals surface area contributed by atoms with Crippen molar-refractivity contribution in [1.82, 2.24) is 5.32 Å². The molecule has 3 rings (SSSR count). The second-order valence-corrected chi connectivity index (χ2v) is 6.63. The number of benzene rings is 1. The van der Waals surface area contributed by atoms with Crippen LogP contribution in [0.4, 0.5) is 0 Å². The van der Waals surface area contributed by atoms with Crippen molar-refractivity contribution >= 4 is 17.8 Å². The fourth-order valence-corrected chi connectivity index (χ4v) is 3.82. The summed E-state index contributed by atoms with van der Waals surface area (Å²) in [6.07, 6.45) is 8.46. The molecule has 4 nitrogen and oxygen atoms in total. The van der Waals surface area contributed by atoms with Gasteiger partial charge in [0.1, 0.15) is 0 Å². The number of amides is 1. The van der Waals surface area contributed by atoms with Crippen molar-refractivity contribution in [2.45, 2.75) is 52.0 Å². The molecule has 1 amide bonds. The van der Waals surface area contributed by atoms with Crippen molar-refractivity contribution in [3.05, 3.63) is 35.4 Å². The molecule has 0 bridgehead atoms. The Balaban J connectivity index is 1.83. The lowest BCUT2D eigenvalue weighted by Crippen LogP contribution is -2.33. The van der Waals surface area contributed by atoms with E-state index in [0.717, 1.165) is 17.7 Å². The Morgan fingerprint density at radius 1 is 1.04 bits per heavy atom. The highest BCUT2D eigenvalue weighted by Crippen LogP contribution is 2.34. The average Bonchev–Trinajstić information content (AvgIpc) is 2.55. The van der Waals surface area contributed by atoms with Gasteiger partial charge in [0.15, 0.2) is 0 Å². The number of nitrogens with zero attached hydrogens (tertiary/aromatic N) is 2. The fraction of sp³-hybridized carbons (Fsp3) is 0.526. The minimum Gasteiger partial charge on any atom is -0.355 e. The highest BCUT2D eigenvalue weighted by Gasteiger charge is 2.32. The second kappa shape index (κ2) is 7.53. The number of carbonyl (C=O) groups is 1. The van der Waals surface area contributed by atoms with Crippen LogP contribution in [0.3, 0.4) is 0 Å². The minimum atomic E-state index is 0.506. The maximum Gasteiger partial charge on any atom is 0.207 e. The molecule has 2 atom stereocenters. The van der Waals surface area contributed by atoms with Gasteiger partial charge in [-0.3, -0.25) is 4.79 Å². The largest absolute Gasteiger partial charge is 0.355 e. The summed E-state index contributed by atoms with van der Waals surface area (Å²) in [4.78, 5) is 10.4. The Kier molecular flexibility index (Phi) is 5.21. The Labute approximate surface area is 138 Å². The predicted molar refractivity (Wildman–Crippen MR) is 93.7 cm³/mol. The molecular formula is C19H25N3O. The van der Waals surface area contributed by atoms with Gasteiger partial charge in [0.05, 0.1) is 5.71 Å². The molecule has 122 valence electrons. The van der Waals surface area contributed by atoms with Gasteiger partial charge in [-0.25, -0.2) is 0 Å². The first-order valence-electron chi connectivity index (χ1n) is 8.68. The molecule has 1 heterocycles. The standard InChI is InChI=1S/C19H25N3O/c1-14-17-6-4-2-3-5-7-18(17)19(22-21-14)16-10-8-15(9-11-16)12-20-13-23/h8-11,13,17-18H,2-7,12H2,1H3,(H,20,23). The van der Waals surface area contributed by atoms with Crippen LogP contribution in [0.1, 0.15) is 56.6 Å². The van der Waals surface area contributed by atoms with E-state index in [1.54, 1.807) is 0 Å². The van der Waals surface area contributed by atoms with Crippen LogP contribution >= 0.6 is 0 Å². The Bertz CT molecular complexity index is 604. The van der Waals surface area contributed by atoms with Crippen LogP contribution < -0.4 is 5.32 Å². The second-order valence-electron chi connectivity index (χ2n) is 6.63. The summed E-state index contributed by atoms with van der Waals surface area (Å²) in [5.41, 5.74) is 4.63. The van der Waals surface area contributed by atoms with Crippen LogP contribution in [-0.4, -0.2) is 17.8 Å². The molecule has 1 aliphatic carbocycles. The number of nitrogens with one attached hydrogen (secondary N) is 1. The molecule has 1 aromatic carbocycles. The van der Waals surface area contributed by atoms with Gasteiger partial charge in [-0.1, -0.05) is 49.9 Å². The molecule has 0 saturated heterocycles. The smallest absolute Gasteiger partial charge is 0.207 e. The van der Waals surface area contributed by atoms with E-state index in [-0.39, 0.29) is 0 Å². The summed E-state index contributed by atoms with van der Waals surface area (Å²) in [7, 11) is 0. The summed E-state index contributed by atoms with van der Waals surface area (Å²) < 4.78 is 0. The van der Waals surface area contributed by atoms with Gasteiger partial charge in [-0.05, 0) is 30.9 Å². The van der Waals surface area contributed by atoms with Gasteiger partial charge in [0.25, 0.3) is 0 Å². The SMILES string of the molecule is CC1=NN=C(c2ccc(CNC=O)cc2)C2CCCCCCC12. The number of hydrogen-bond donors (Lipinski definition) is 1. The normalized spacial score (nSPS) is 24.6. The molecule has 1 N–H and O–H groups in total. The molecule has 0 spiro atoms. The number of hydrogen-bond acceptors (Lipinski definition) is 3. The van der Waals surface area contributed by atoms with Gasteiger partial charge in [0, 0.05) is 24.1 Å². The van der Waals surface area contributed by atoms with Crippen molar-refractivity contribution in [3.8, 4) is 0 Å². The maximum absolute atomic E-state index is 10.4. The van der Waals surface area contributed by atoms with E-state index in [1.165, 1.54) is 49.8 Å². The van der Waals surface area contributed by atoms with Crippen molar-refractivity contribution in [3.63, 3.8) is 0 Å². The van der Waals surface area contributed by atoms with E-state index in [9.17, 15) is 4.79 Å². The summed E-state index contributed by atoms with van der Waals surface area (Å²) in [6.45, 7) is 2.70. The first-order chi connectivity index (χ1) is 11.3. The van der Waals surface area contributed by atoms with Crippen LogP contribution in [0.15, 0.2) is 34.5 Å². The Morgan fingerprint density at radius 3 is 2.43 bits per heavy atom. The maximum atomic E-state index is 10.4.